The number of rotatable bonds is 5. The minimum absolute atomic E-state index is 0.160. The van der Waals surface area contributed by atoms with E-state index in [-0.39, 0.29) is 4.90 Å². The van der Waals surface area contributed by atoms with Gasteiger partial charge in [0, 0.05) is 26.7 Å². The third kappa shape index (κ3) is 4.38. The van der Waals surface area contributed by atoms with Gasteiger partial charge in [-0.05, 0) is 80.1 Å². The molecule has 0 radical (unpaired) electrons. The van der Waals surface area contributed by atoms with Gasteiger partial charge in [0.05, 0.1) is 27.4 Å². The molecule has 0 N–H and O–H groups in total. The van der Waals surface area contributed by atoms with Crippen molar-refractivity contribution in [2.45, 2.75) is 18.7 Å². The Morgan fingerprint density at radius 2 is 1.11 bits per heavy atom. The van der Waals surface area contributed by atoms with Gasteiger partial charge in [0.1, 0.15) is 0 Å². The van der Waals surface area contributed by atoms with Crippen LogP contribution in [0.15, 0.2) is 80.7 Å². The predicted octanol–water partition coefficient (Wildman–Crippen LogP) is 7.22. The summed E-state index contributed by atoms with van der Waals surface area (Å²) in [5.41, 5.74) is 5.31. The number of nitrogens with zero attached hydrogens (tertiary/aromatic N) is 2. The lowest BCUT2D eigenvalue weighted by molar-refractivity contribution is 0.427. The fourth-order valence-electron chi connectivity index (χ4n) is 4.04. The van der Waals surface area contributed by atoms with Crippen LogP contribution < -0.4 is 0 Å². The minimum Gasteiger partial charge on any atom is -0.355 e. The average Bonchev–Trinajstić information content (AvgIpc) is 3.42. The molecule has 0 fully saturated rings. The van der Waals surface area contributed by atoms with Gasteiger partial charge in [0.15, 0.2) is 22.2 Å². The topological polar surface area (TPSA) is 86.2 Å². The van der Waals surface area contributed by atoms with E-state index in [0.717, 1.165) is 22.3 Å². The molecule has 5 rings (SSSR count). The molecule has 0 spiro atoms. The Morgan fingerprint density at radius 1 is 0.657 bits per heavy atom. The van der Waals surface area contributed by atoms with E-state index >= 15 is 0 Å². The predicted molar refractivity (Wildman–Crippen MR) is 136 cm³/mol. The highest BCUT2D eigenvalue weighted by molar-refractivity contribution is 7.72. The van der Waals surface area contributed by atoms with Crippen LogP contribution in [0.5, 0.6) is 0 Å². The zero-order valence-corrected chi connectivity index (χ0v) is 21.0. The number of hydrogen-bond acceptors (Lipinski definition) is 6. The fourth-order valence-corrected chi connectivity index (χ4v) is 4.87. The summed E-state index contributed by atoms with van der Waals surface area (Å²) in [5, 5.41) is 9.47. The maximum absolute atomic E-state index is 12.2. The van der Waals surface area contributed by atoms with Gasteiger partial charge in [-0.3, -0.25) is 0 Å². The fraction of sp³-hybridized carbons (Fsp3) is 0.0769. The van der Waals surface area contributed by atoms with E-state index in [0.29, 0.717) is 44.1 Å². The molecule has 6 nitrogen and oxygen atoms in total. The number of aromatic nitrogens is 2. The summed E-state index contributed by atoms with van der Waals surface area (Å²) >= 11 is 12.1. The third-order valence-corrected chi connectivity index (χ3v) is 6.98. The molecular weight excluding hydrogens is 507 g/mol. The highest BCUT2D eigenvalue weighted by atomic mass is 35.5. The molecule has 0 atom stereocenters. The standard InChI is InChI=1S/C26H18Cl2N2O4S/c1-14-23(25(33-29-14)16-3-8-19(27)9-4-16)18-7-12-22(35(31)32)21(13-18)24-15(2)30-34-26(24)17-5-10-20(28)11-6-17/h3-13,35H,1-2H3. The Labute approximate surface area is 213 Å². The maximum Gasteiger partial charge on any atom is 0.174 e. The third-order valence-electron chi connectivity index (χ3n) is 5.69. The smallest absolute Gasteiger partial charge is 0.174 e. The van der Waals surface area contributed by atoms with Crippen molar-refractivity contribution in [2.75, 3.05) is 0 Å². The SMILES string of the molecule is Cc1noc(-c2ccc(Cl)cc2)c1-c1ccc([SH](=O)=O)c(-c2c(C)noc2-c2ccc(Cl)cc2)c1. The maximum atomic E-state index is 12.2. The van der Waals surface area contributed by atoms with E-state index in [1.807, 2.05) is 19.1 Å². The van der Waals surface area contributed by atoms with Crippen LogP contribution in [0, 0.1) is 13.8 Å². The van der Waals surface area contributed by atoms with Crippen molar-refractivity contribution in [3.8, 4) is 44.9 Å². The first-order valence-corrected chi connectivity index (χ1v) is 12.5. The van der Waals surface area contributed by atoms with Crippen LogP contribution in [0.4, 0.5) is 0 Å². The van der Waals surface area contributed by atoms with E-state index < -0.39 is 10.7 Å². The molecule has 5 aromatic rings. The summed E-state index contributed by atoms with van der Waals surface area (Å²) in [6.07, 6.45) is 0. The molecule has 0 bridgehead atoms. The molecule has 9 heteroatoms. The van der Waals surface area contributed by atoms with Crippen molar-refractivity contribution < 1.29 is 17.5 Å². The highest BCUT2D eigenvalue weighted by Crippen LogP contribution is 2.42. The van der Waals surface area contributed by atoms with Crippen LogP contribution in [-0.4, -0.2) is 18.7 Å². The van der Waals surface area contributed by atoms with E-state index in [1.165, 1.54) is 0 Å². The van der Waals surface area contributed by atoms with Crippen LogP contribution in [0.25, 0.3) is 44.9 Å². The molecule has 2 heterocycles. The quantitative estimate of drug-likeness (QED) is 0.244. The molecule has 3 aromatic carbocycles. The number of halogens is 2. The monoisotopic (exact) mass is 524 g/mol. The molecule has 176 valence electrons. The van der Waals surface area contributed by atoms with Crippen molar-refractivity contribution in [1.82, 2.24) is 10.3 Å². The summed E-state index contributed by atoms with van der Waals surface area (Å²) in [5.74, 6) is 1.01. The Morgan fingerprint density at radius 3 is 1.63 bits per heavy atom. The lowest BCUT2D eigenvalue weighted by Gasteiger charge is -2.10. The van der Waals surface area contributed by atoms with Gasteiger partial charge in [-0.1, -0.05) is 39.6 Å². The molecule has 0 unspecified atom stereocenters. The Kier molecular flexibility index (Phi) is 6.23. The molecule has 2 aromatic heterocycles. The lowest BCUT2D eigenvalue weighted by atomic mass is 9.94. The van der Waals surface area contributed by atoms with Crippen LogP contribution >= 0.6 is 23.2 Å². The van der Waals surface area contributed by atoms with Gasteiger partial charge in [0.2, 0.25) is 0 Å². The van der Waals surface area contributed by atoms with Gasteiger partial charge in [-0.15, -0.1) is 0 Å². The Balaban J connectivity index is 1.73. The average molecular weight is 525 g/mol. The molecule has 0 aliphatic rings. The summed E-state index contributed by atoms with van der Waals surface area (Å²) in [6, 6.07) is 19.4. The van der Waals surface area contributed by atoms with Gasteiger partial charge in [-0.2, -0.15) is 0 Å². The van der Waals surface area contributed by atoms with Crippen molar-refractivity contribution >= 4 is 33.9 Å². The largest absolute Gasteiger partial charge is 0.355 e. The summed E-state index contributed by atoms with van der Waals surface area (Å²) in [4.78, 5) is 0.160. The van der Waals surface area contributed by atoms with Crippen LogP contribution in [0.3, 0.4) is 0 Å². The van der Waals surface area contributed by atoms with Crippen molar-refractivity contribution in [1.29, 1.82) is 0 Å². The summed E-state index contributed by atoms with van der Waals surface area (Å²) in [6.45, 7) is 3.61. The summed E-state index contributed by atoms with van der Waals surface area (Å²) in [7, 11) is -2.90. The van der Waals surface area contributed by atoms with Gasteiger partial charge < -0.3 is 9.05 Å². The van der Waals surface area contributed by atoms with Crippen molar-refractivity contribution in [3.05, 3.63) is 88.2 Å². The van der Waals surface area contributed by atoms with Crippen LogP contribution in [-0.2, 0) is 10.7 Å². The van der Waals surface area contributed by atoms with E-state index in [2.05, 4.69) is 10.3 Å². The Hall–Kier alpha value is -3.39. The lowest BCUT2D eigenvalue weighted by Crippen LogP contribution is -1.93. The first-order valence-electron chi connectivity index (χ1n) is 10.6. The molecule has 35 heavy (non-hydrogen) atoms. The number of thiol groups is 1. The van der Waals surface area contributed by atoms with E-state index in [9.17, 15) is 8.42 Å². The second kappa shape index (κ2) is 9.34. The zero-order chi connectivity index (χ0) is 24.7. The molecule has 0 amide bonds. The summed E-state index contributed by atoms with van der Waals surface area (Å²) < 4.78 is 35.8. The van der Waals surface area contributed by atoms with Gasteiger partial charge in [0.25, 0.3) is 0 Å². The number of hydrogen-bond donors (Lipinski definition) is 1. The van der Waals surface area contributed by atoms with E-state index in [4.69, 9.17) is 32.2 Å². The Bertz CT molecular complexity index is 1610. The second-order valence-electron chi connectivity index (χ2n) is 7.95. The normalized spacial score (nSPS) is 11.3. The van der Waals surface area contributed by atoms with Crippen LogP contribution in [0.1, 0.15) is 11.4 Å². The first-order chi connectivity index (χ1) is 16.8. The van der Waals surface area contributed by atoms with Crippen molar-refractivity contribution in [3.63, 3.8) is 0 Å². The van der Waals surface area contributed by atoms with Gasteiger partial charge in [-0.25, -0.2) is 8.42 Å². The molecule has 0 aliphatic carbocycles. The molecular formula is C26H18Cl2N2O4S. The second-order valence-corrected chi connectivity index (χ2v) is 9.82. The number of aryl methyl sites for hydroxylation is 2. The number of benzene rings is 3. The molecule has 0 saturated carbocycles. The minimum atomic E-state index is -2.90. The van der Waals surface area contributed by atoms with Crippen LogP contribution in [0.2, 0.25) is 10.0 Å². The molecule has 0 aliphatic heterocycles. The van der Waals surface area contributed by atoms with E-state index in [1.54, 1.807) is 61.5 Å². The zero-order valence-electron chi connectivity index (χ0n) is 18.6. The first kappa shape index (κ1) is 23.4. The van der Waals surface area contributed by atoms with Crippen molar-refractivity contribution in [2.24, 2.45) is 0 Å². The molecule has 0 saturated heterocycles. The highest BCUT2D eigenvalue weighted by Gasteiger charge is 2.24. The van der Waals surface area contributed by atoms with Gasteiger partial charge >= 0.3 is 0 Å².